The largest absolute Gasteiger partial charge is 0.481 e. The molecular weight excluding hydrogens is 324 g/mol. The highest BCUT2D eigenvalue weighted by atomic mass is 35.5. The number of aromatic nitrogens is 2. The molecule has 0 fully saturated rings. The second kappa shape index (κ2) is 7.22. The van der Waals surface area contributed by atoms with Crippen LogP contribution in [0, 0.1) is 6.92 Å². The molecule has 0 atom stereocenters. The Bertz CT molecular complexity index is 815. The smallest absolute Gasteiger partial charge is 0.223 e. The van der Waals surface area contributed by atoms with Crippen LogP contribution in [0.5, 0.6) is 5.88 Å². The van der Waals surface area contributed by atoms with E-state index in [0.29, 0.717) is 28.6 Å². The zero-order valence-electron chi connectivity index (χ0n) is 15.0. The van der Waals surface area contributed by atoms with Crippen LogP contribution in [0.3, 0.4) is 0 Å². The Kier molecular flexibility index (Phi) is 5.50. The van der Waals surface area contributed by atoms with Gasteiger partial charge in [0.1, 0.15) is 5.56 Å². The van der Waals surface area contributed by atoms with Gasteiger partial charge in [0.15, 0.2) is 5.78 Å². The molecule has 2 aromatic rings. The molecule has 0 amide bonds. The second-order valence-corrected chi connectivity index (χ2v) is 6.34. The molecular formula is C19H23ClN2O2. The summed E-state index contributed by atoms with van der Waals surface area (Å²) in [5.74, 6) is 0.376. The van der Waals surface area contributed by atoms with Gasteiger partial charge < -0.3 is 4.74 Å². The number of ketones is 1. The van der Waals surface area contributed by atoms with Gasteiger partial charge in [-0.2, -0.15) is 5.10 Å². The first kappa shape index (κ1) is 18.3. The molecule has 0 saturated carbocycles. The molecule has 2 rings (SSSR count). The molecule has 0 bridgehead atoms. The number of aryl methyl sites for hydroxylation is 1. The Hall–Kier alpha value is -2.07. The first-order valence-electron chi connectivity index (χ1n) is 7.91. The van der Waals surface area contributed by atoms with Crippen LogP contribution in [0.25, 0.3) is 5.57 Å². The summed E-state index contributed by atoms with van der Waals surface area (Å²) in [5.41, 5.74) is 5.13. The maximum absolute atomic E-state index is 13.0. The lowest BCUT2D eigenvalue weighted by atomic mass is 9.92. The molecule has 4 nitrogen and oxygen atoms in total. The van der Waals surface area contributed by atoms with Crippen molar-refractivity contribution in [2.24, 2.45) is 0 Å². The number of carbonyl (C=O) groups excluding carboxylic acids is 1. The topological polar surface area (TPSA) is 44.1 Å². The summed E-state index contributed by atoms with van der Waals surface area (Å²) in [6, 6.07) is 3.55. The number of hydrogen-bond acceptors (Lipinski definition) is 3. The van der Waals surface area contributed by atoms with Gasteiger partial charge in [-0.1, -0.05) is 17.2 Å². The number of rotatable bonds is 5. The standard InChI is InChI=1S/C19H23ClN2O2/c1-7-22-19(24-6)15(10-21-22)18(23)14-8-9-16(20)17(13(14)5)12(4)11(2)3/h8-10H,7H2,1-6H3. The Labute approximate surface area is 148 Å². The SMILES string of the molecule is CCn1ncc(C(=O)c2ccc(Cl)c(C(C)=C(C)C)c2C)c1OC. The molecule has 0 aliphatic heterocycles. The predicted octanol–water partition coefficient (Wildman–Crippen LogP) is 4.92. The summed E-state index contributed by atoms with van der Waals surface area (Å²) < 4.78 is 7.04. The minimum atomic E-state index is -0.108. The van der Waals surface area contributed by atoms with Crippen molar-refractivity contribution in [1.29, 1.82) is 0 Å². The van der Waals surface area contributed by atoms with Gasteiger partial charge in [-0.05, 0) is 63.5 Å². The van der Waals surface area contributed by atoms with Gasteiger partial charge in [-0.3, -0.25) is 4.79 Å². The van der Waals surface area contributed by atoms with E-state index in [2.05, 4.69) is 5.10 Å². The maximum Gasteiger partial charge on any atom is 0.223 e. The van der Waals surface area contributed by atoms with Crippen molar-refractivity contribution in [1.82, 2.24) is 9.78 Å². The molecule has 0 unspecified atom stereocenters. The second-order valence-electron chi connectivity index (χ2n) is 5.93. The number of halogens is 1. The lowest BCUT2D eigenvalue weighted by molar-refractivity contribution is 0.103. The van der Waals surface area contributed by atoms with Crippen molar-refractivity contribution in [3.05, 3.63) is 51.2 Å². The minimum Gasteiger partial charge on any atom is -0.481 e. The molecule has 0 radical (unpaired) electrons. The van der Waals surface area contributed by atoms with Crippen LogP contribution in [-0.2, 0) is 6.54 Å². The highest BCUT2D eigenvalue weighted by Crippen LogP contribution is 2.33. The Morgan fingerprint density at radius 2 is 1.92 bits per heavy atom. The monoisotopic (exact) mass is 346 g/mol. The Balaban J connectivity index is 2.62. The fourth-order valence-corrected chi connectivity index (χ4v) is 3.10. The summed E-state index contributed by atoms with van der Waals surface area (Å²) in [5, 5.41) is 4.87. The number of hydrogen-bond donors (Lipinski definition) is 0. The normalized spacial score (nSPS) is 10.6. The van der Waals surface area contributed by atoms with Crippen molar-refractivity contribution in [3.8, 4) is 5.88 Å². The van der Waals surface area contributed by atoms with Gasteiger partial charge in [0.05, 0.1) is 13.3 Å². The fourth-order valence-electron chi connectivity index (χ4n) is 2.75. The molecule has 1 aromatic heterocycles. The van der Waals surface area contributed by atoms with Gasteiger partial charge in [-0.15, -0.1) is 0 Å². The van der Waals surface area contributed by atoms with E-state index < -0.39 is 0 Å². The van der Waals surface area contributed by atoms with Crippen LogP contribution in [0.1, 0.15) is 54.7 Å². The summed E-state index contributed by atoms with van der Waals surface area (Å²) >= 11 is 6.39. The molecule has 1 heterocycles. The average Bonchev–Trinajstić information content (AvgIpc) is 2.97. The van der Waals surface area contributed by atoms with E-state index in [1.165, 1.54) is 5.57 Å². The third-order valence-electron chi connectivity index (χ3n) is 4.31. The van der Waals surface area contributed by atoms with Crippen LogP contribution in [-0.4, -0.2) is 22.7 Å². The third-order valence-corrected chi connectivity index (χ3v) is 4.63. The van der Waals surface area contributed by atoms with Crippen LogP contribution in [0.2, 0.25) is 5.02 Å². The zero-order valence-corrected chi connectivity index (χ0v) is 15.8. The van der Waals surface area contributed by atoms with Gasteiger partial charge in [0, 0.05) is 17.1 Å². The van der Waals surface area contributed by atoms with Gasteiger partial charge in [-0.25, -0.2) is 4.68 Å². The van der Waals surface area contributed by atoms with E-state index in [0.717, 1.165) is 16.7 Å². The maximum atomic E-state index is 13.0. The van der Waals surface area contributed by atoms with Gasteiger partial charge in [0.2, 0.25) is 5.88 Å². The summed E-state index contributed by atoms with van der Waals surface area (Å²) in [7, 11) is 1.55. The van der Waals surface area contributed by atoms with Crippen LogP contribution in [0.4, 0.5) is 0 Å². The highest BCUT2D eigenvalue weighted by molar-refractivity contribution is 6.32. The minimum absolute atomic E-state index is 0.108. The molecule has 0 N–H and O–H groups in total. The molecule has 128 valence electrons. The lowest BCUT2D eigenvalue weighted by Gasteiger charge is -2.15. The lowest BCUT2D eigenvalue weighted by Crippen LogP contribution is -2.08. The molecule has 0 saturated heterocycles. The van der Waals surface area contributed by atoms with E-state index in [1.807, 2.05) is 34.6 Å². The molecule has 5 heteroatoms. The fraction of sp³-hybridized carbons (Fsp3) is 0.368. The molecule has 24 heavy (non-hydrogen) atoms. The summed E-state index contributed by atoms with van der Waals surface area (Å²) in [6.07, 6.45) is 1.56. The first-order valence-corrected chi connectivity index (χ1v) is 8.29. The van der Waals surface area contributed by atoms with Gasteiger partial charge >= 0.3 is 0 Å². The molecule has 0 spiro atoms. The Morgan fingerprint density at radius 3 is 2.46 bits per heavy atom. The van der Waals surface area contributed by atoms with Gasteiger partial charge in [0.25, 0.3) is 0 Å². The van der Waals surface area contributed by atoms with E-state index >= 15 is 0 Å². The summed E-state index contributed by atoms with van der Waals surface area (Å²) in [4.78, 5) is 13.0. The van der Waals surface area contributed by atoms with E-state index in [9.17, 15) is 4.79 Å². The zero-order chi connectivity index (χ0) is 18.0. The molecule has 1 aromatic carbocycles. The first-order chi connectivity index (χ1) is 11.3. The van der Waals surface area contributed by atoms with Crippen molar-refractivity contribution in [3.63, 3.8) is 0 Å². The quantitative estimate of drug-likeness (QED) is 0.722. The van der Waals surface area contributed by atoms with Crippen LogP contribution >= 0.6 is 11.6 Å². The predicted molar refractivity (Wildman–Crippen MR) is 98.0 cm³/mol. The number of allylic oxidation sites excluding steroid dienone is 2. The van der Waals surface area contributed by atoms with Crippen molar-refractivity contribution in [2.45, 2.75) is 41.2 Å². The molecule has 0 aliphatic rings. The van der Waals surface area contributed by atoms with Crippen molar-refractivity contribution >= 4 is 23.0 Å². The number of nitrogens with zero attached hydrogens (tertiary/aromatic N) is 2. The van der Waals surface area contributed by atoms with E-state index in [1.54, 1.807) is 30.1 Å². The van der Waals surface area contributed by atoms with Crippen molar-refractivity contribution < 1.29 is 9.53 Å². The molecule has 0 aliphatic carbocycles. The number of ether oxygens (including phenoxy) is 1. The van der Waals surface area contributed by atoms with E-state index in [-0.39, 0.29) is 5.78 Å². The summed E-state index contributed by atoms with van der Waals surface area (Å²) in [6.45, 7) is 10.6. The number of carbonyl (C=O) groups is 1. The van der Waals surface area contributed by atoms with Crippen LogP contribution in [0.15, 0.2) is 23.9 Å². The third kappa shape index (κ3) is 3.11. The Morgan fingerprint density at radius 1 is 1.25 bits per heavy atom. The number of benzene rings is 1. The van der Waals surface area contributed by atoms with Crippen molar-refractivity contribution in [2.75, 3.05) is 7.11 Å². The number of methoxy groups -OCH3 is 1. The highest BCUT2D eigenvalue weighted by Gasteiger charge is 2.23. The van der Waals surface area contributed by atoms with Crippen LogP contribution < -0.4 is 4.74 Å². The average molecular weight is 347 g/mol. The van der Waals surface area contributed by atoms with E-state index in [4.69, 9.17) is 16.3 Å².